The van der Waals surface area contributed by atoms with Crippen molar-refractivity contribution in [3.8, 4) is 0 Å². The van der Waals surface area contributed by atoms with Crippen molar-refractivity contribution in [3.05, 3.63) is 94.2 Å². The van der Waals surface area contributed by atoms with Crippen molar-refractivity contribution in [3.63, 3.8) is 0 Å². The van der Waals surface area contributed by atoms with Gasteiger partial charge in [-0.15, -0.1) is 0 Å². The number of nitrogens with one attached hydrogen (secondary N) is 1. The molecule has 0 aliphatic heterocycles. The lowest BCUT2D eigenvalue weighted by Gasteiger charge is -2.16. The van der Waals surface area contributed by atoms with Crippen molar-refractivity contribution >= 4 is 21.7 Å². The number of benzene rings is 3. The van der Waals surface area contributed by atoms with E-state index in [2.05, 4.69) is 41.4 Å². The summed E-state index contributed by atoms with van der Waals surface area (Å²) >= 11 is 0. The second-order valence-electron chi connectivity index (χ2n) is 6.29. The fraction of sp³-hybridized carbons (Fsp3) is 0.143. The molecular formula is C21H18N2O2. The van der Waals surface area contributed by atoms with E-state index in [1.54, 1.807) is 0 Å². The summed E-state index contributed by atoms with van der Waals surface area (Å²) in [5, 5.41) is 14.4. The molecule has 0 fully saturated rings. The van der Waals surface area contributed by atoms with Gasteiger partial charge in [-0.3, -0.25) is 10.1 Å². The number of H-pyrrole nitrogens is 1. The van der Waals surface area contributed by atoms with Crippen LogP contribution in [0.4, 0.5) is 0 Å². The smallest absolute Gasteiger partial charge is 0.204 e. The topological polar surface area (TPSA) is 58.9 Å². The minimum Gasteiger partial charge on any atom is -0.361 e. The van der Waals surface area contributed by atoms with Crippen LogP contribution < -0.4 is 0 Å². The predicted molar refractivity (Wildman–Crippen MR) is 101 cm³/mol. The van der Waals surface area contributed by atoms with Crippen molar-refractivity contribution in [2.24, 2.45) is 0 Å². The second kappa shape index (κ2) is 6.40. The molecule has 0 saturated heterocycles. The molecule has 1 aromatic heterocycles. The van der Waals surface area contributed by atoms with E-state index >= 15 is 0 Å². The third-order valence-electron chi connectivity index (χ3n) is 4.77. The number of para-hydroxylation sites is 1. The van der Waals surface area contributed by atoms with Crippen LogP contribution in [0.1, 0.15) is 23.5 Å². The third kappa shape index (κ3) is 2.98. The zero-order valence-electron chi connectivity index (χ0n) is 13.7. The first-order valence-electron chi connectivity index (χ1n) is 8.39. The molecule has 0 radical (unpaired) electrons. The summed E-state index contributed by atoms with van der Waals surface area (Å²) in [4.78, 5) is 14.0. The summed E-state index contributed by atoms with van der Waals surface area (Å²) < 4.78 is 0. The lowest BCUT2D eigenvalue weighted by atomic mass is 9.87. The maximum Gasteiger partial charge on any atom is 0.204 e. The van der Waals surface area contributed by atoms with Gasteiger partial charge in [0.25, 0.3) is 0 Å². The molecule has 124 valence electrons. The summed E-state index contributed by atoms with van der Waals surface area (Å²) in [6, 6.07) is 22.6. The first-order chi connectivity index (χ1) is 12.2. The average Bonchev–Trinajstić information content (AvgIpc) is 3.06. The van der Waals surface area contributed by atoms with Crippen LogP contribution in [-0.2, 0) is 0 Å². The summed E-state index contributed by atoms with van der Waals surface area (Å²) in [6.07, 6.45) is 2.47. The molecule has 0 aliphatic carbocycles. The van der Waals surface area contributed by atoms with Crippen molar-refractivity contribution in [2.75, 3.05) is 6.54 Å². The second-order valence-corrected chi connectivity index (χ2v) is 6.29. The third-order valence-corrected chi connectivity index (χ3v) is 4.77. The van der Waals surface area contributed by atoms with E-state index in [-0.39, 0.29) is 17.4 Å². The number of aromatic amines is 1. The quantitative estimate of drug-likeness (QED) is 0.408. The minimum absolute atomic E-state index is 0.00819. The van der Waals surface area contributed by atoms with Crippen molar-refractivity contribution in [2.45, 2.75) is 12.3 Å². The number of rotatable bonds is 5. The first kappa shape index (κ1) is 15.4. The number of nitrogens with zero attached hydrogens (tertiary/aromatic N) is 1. The largest absolute Gasteiger partial charge is 0.361 e. The van der Waals surface area contributed by atoms with E-state index in [9.17, 15) is 10.1 Å². The molecule has 0 unspecified atom stereocenters. The van der Waals surface area contributed by atoms with Gasteiger partial charge in [0.15, 0.2) is 0 Å². The maximum absolute atomic E-state index is 11.0. The molecule has 0 spiro atoms. The number of hydrogen-bond acceptors (Lipinski definition) is 2. The molecule has 3 aromatic carbocycles. The Bertz CT molecular complexity index is 1050. The normalized spacial score (nSPS) is 12.5. The van der Waals surface area contributed by atoms with Crippen LogP contribution in [0.5, 0.6) is 0 Å². The Hall–Kier alpha value is -3.14. The predicted octanol–water partition coefficient (Wildman–Crippen LogP) is 5.12. The van der Waals surface area contributed by atoms with E-state index in [4.69, 9.17) is 0 Å². The number of nitro groups is 1. The monoisotopic (exact) mass is 330 g/mol. The van der Waals surface area contributed by atoms with Gasteiger partial charge in [-0.25, -0.2) is 0 Å². The maximum atomic E-state index is 11.0. The van der Waals surface area contributed by atoms with Gasteiger partial charge in [-0.1, -0.05) is 60.7 Å². The SMILES string of the molecule is O=[N+]([O-])CC[C@H](c1ccc2ccccc2c1)c1c[nH]c2ccccc12. The lowest BCUT2D eigenvalue weighted by Crippen LogP contribution is -2.09. The Balaban J connectivity index is 1.83. The van der Waals surface area contributed by atoms with Gasteiger partial charge >= 0.3 is 0 Å². The summed E-state index contributed by atoms with van der Waals surface area (Å²) in [7, 11) is 0. The highest BCUT2D eigenvalue weighted by Crippen LogP contribution is 2.34. The first-order valence-corrected chi connectivity index (χ1v) is 8.39. The Kier molecular flexibility index (Phi) is 3.94. The zero-order valence-corrected chi connectivity index (χ0v) is 13.7. The zero-order chi connectivity index (χ0) is 17.2. The fourth-order valence-corrected chi connectivity index (χ4v) is 3.54. The molecule has 0 aliphatic rings. The van der Waals surface area contributed by atoms with Crippen LogP contribution in [0.25, 0.3) is 21.7 Å². The van der Waals surface area contributed by atoms with Gasteiger partial charge < -0.3 is 4.98 Å². The molecule has 4 aromatic rings. The van der Waals surface area contributed by atoms with Crippen LogP contribution in [0.3, 0.4) is 0 Å². The molecular weight excluding hydrogens is 312 g/mol. The van der Waals surface area contributed by atoms with Gasteiger partial charge in [0.1, 0.15) is 0 Å². The van der Waals surface area contributed by atoms with Crippen LogP contribution in [0.2, 0.25) is 0 Å². The highest BCUT2D eigenvalue weighted by atomic mass is 16.6. The molecule has 0 bridgehead atoms. The van der Waals surface area contributed by atoms with E-state index in [1.165, 1.54) is 5.39 Å². The van der Waals surface area contributed by atoms with Crippen LogP contribution in [0, 0.1) is 10.1 Å². The van der Waals surface area contributed by atoms with E-state index in [0.29, 0.717) is 6.42 Å². The molecule has 4 rings (SSSR count). The summed E-state index contributed by atoms with van der Waals surface area (Å²) in [5.41, 5.74) is 3.29. The van der Waals surface area contributed by atoms with Crippen LogP contribution in [-0.4, -0.2) is 16.5 Å². The van der Waals surface area contributed by atoms with Crippen molar-refractivity contribution < 1.29 is 4.92 Å². The Morgan fingerprint density at radius 1 is 0.960 bits per heavy atom. The molecule has 1 atom stereocenters. The van der Waals surface area contributed by atoms with E-state index in [1.807, 2.05) is 36.5 Å². The Morgan fingerprint density at radius 3 is 2.56 bits per heavy atom. The van der Waals surface area contributed by atoms with Crippen molar-refractivity contribution in [1.29, 1.82) is 0 Å². The van der Waals surface area contributed by atoms with E-state index in [0.717, 1.165) is 27.4 Å². The fourth-order valence-electron chi connectivity index (χ4n) is 3.54. The number of aromatic nitrogens is 1. The molecule has 1 heterocycles. The Labute approximate surface area is 145 Å². The molecule has 4 heteroatoms. The Morgan fingerprint density at radius 2 is 1.72 bits per heavy atom. The number of hydrogen-bond donors (Lipinski definition) is 1. The highest BCUT2D eigenvalue weighted by molar-refractivity contribution is 5.86. The number of fused-ring (bicyclic) bond motifs is 2. The molecule has 0 saturated carbocycles. The average molecular weight is 330 g/mol. The van der Waals surface area contributed by atoms with Crippen LogP contribution >= 0.6 is 0 Å². The lowest BCUT2D eigenvalue weighted by molar-refractivity contribution is -0.480. The standard InChI is InChI=1S/C21H18N2O2/c24-23(25)12-11-18(20-14-22-21-8-4-3-7-19(20)21)17-10-9-15-5-1-2-6-16(15)13-17/h1-10,13-14,18,22H,11-12H2/t18-/m1/s1. The molecule has 1 N–H and O–H groups in total. The van der Waals surface area contributed by atoms with Gasteiger partial charge in [0.2, 0.25) is 6.54 Å². The van der Waals surface area contributed by atoms with Gasteiger partial charge in [0, 0.05) is 34.4 Å². The summed E-state index contributed by atoms with van der Waals surface area (Å²) in [6.45, 7) is -0.0446. The molecule has 0 amide bonds. The van der Waals surface area contributed by atoms with Crippen LogP contribution in [0.15, 0.2) is 72.9 Å². The van der Waals surface area contributed by atoms with Gasteiger partial charge in [0.05, 0.1) is 0 Å². The van der Waals surface area contributed by atoms with Crippen molar-refractivity contribution in [1.82, 2.24) is 4.98 Å². The molecule has 25 heavy (non-hydrogen) atoms. The van der Waals surface area contributed by atoms with Gasteiger partial charge in [-0.2, -0.15) is 0 Å². The minimum atomic E-state index is -0.233. The van der Waals surface area contributed by atoms with Gasteiger partial charge in [-0.05, 0) is 28.0 Å². The molecule has 4 nitrogen and oxygen atoms in total. The van der Waals surface area contributed by atoms with E-state index < -0.39 is 0 Å². The highest BCUT2D eigenvalue weighted by Gasteiger charge is 2.20. The summed E-state index contributed by atoms with van der Waals surface area (Å²) in [5.74, 6) is -0.00819.